The summed E-state index contributed by atoms with van der Waals surface area (Å²) >= 11 is 0. The number of nitrogens with zero attached hydrogens (tertiary/aromatic N) is 6. The van der Waals surface area contributed by atoms with Gasteiger partial charge in [-0.25, -0.2) is 18.4 Å². The molecule has 1 aromatic carbocycles. The van der Waals surface area contributed by atoms with Crippen LogP contribution in [0.1, 0.15) is 109 Å². The molecule has 3 aliphatic heterocycles. The summed E-state index contributed by atoms with van der Waals surface area (Å²) in [5.41, 5.74) is 3.55. The molecular formula is C42H59F2N7O4Si. The molecule has 4 aromatic rings. The Morgan fingerprint density at radius 3 is 2.62 bits per heavy atom. The van der Waals surface area contributed by atoms with Gasteiger partial charge in [0, 0.05) is 37.1 Å². The second-order valence-corrected chi connectivity index (χ2v) is 23.1. The number of nitrogens with one attached hydrogen (secondary N) is 1. The Balaban J connectivity index is 1.27. The Morgan fingerprint density at radius 1 is 1.11 bits per heavy atom. The molecule has 1 N–H and O–H groups in total. The fourth-order valence-electron chi connectivity index (χ4n) is 8.76. The van der Waals surface area contributed by atoms with Crippen molar-refractivity contribution < 1.29 is 27.4 Å². The monoisotopic (exact) mass is 791 g/mol. The molecule has 14 heteroatoms. The molecular weight excluding hydrogens is 733 g/mol. The van der Waals surface area contributed by atoms with Crippen molar-refractivity contribution in [2.45, 2.75) is 141 Å². The number of benzene rings is 1. The van der Waals surface area contributed by atoms with Crippen molar-refractivity contribution >= 4 is 35.9 Å². The Hall–Kier alpha value is -3.46. The summed E-state index contributed by atoms with van der Waals surface area (Å²) in [5.74, 6) is 0.301. The van der Waals surface area contributed by atoms with Gasteiger partial charge in [0.25, 0.3) is 0 Å². The number of fused-ring (bicyclic) bond motifs is 3. The van der Waals surface area contributed by atoms with Crippen molar-refractivity contribution in [3.8, 4) is 23.1 Å². The van der Waals surface area contributed by atoms with E-state index in [-0.39, 0.29) is 53.0 Å². The maximum Gasteiger partial charge on any atom is 0.319 e. The normalized spacial score (nSPS) is 23.4. The van der Waals surface area contributed by atoms with Crippen molar-refractivity contribution in [3.05, 3.63) is 29.2 Å². The lowest BCUT2D eigenvalue weighted by Crippen LogP contribution is -2.43. The summed E-state index contributed by atoms with van der Waals surface area (Å²) < 4.78 is 60.0. The van der Waals surface area contributed by atoms with Gasteiger partial charge in [-0.1, -0.05) is 20.8 Å². The largest absolute Gasteiger partial charge is 0.474 e. The predicted octanol–water partition coefficient (Wildman–Crippen LogP) is 9.24. The highest BCUT2D eigenvalue weighted by molar-refractivity contribution is 6.74. The van der Waals surface area contributed by atoms with Crippen molar-refractivity contribution in [3.63, 3.8) is 0 Å². The van der Waals surface area contributed by atoms with Crippen LogP contribution in [0.3, 0.4) is 0 Å². The molecule has 56 heavy (non-hydrogen) atoms. The Labute approximate surface area is 330 Å². The summed E-state index contributed by atoms with van der Waals surface area (Å²) in [5, 5.41) is 9.48. The van der Waals surface area contributed by atoms with E-state index < -0.39 is 25.8 Å². The van der Waals surface area contributed by atoms with Gasteiger partial charge in [0.05, 0.1) is 30.0 Å². The number of hydrogen-bond acceptors (Lipinski definition) is 10. The molecule has 4 fully saturated rings. The molecule has 1 saturated carbocycles. The van der Waals surface area contributed by atoms with Crippen LogP contribution in [0.4, 0.5) is 14.6 Å². The zero-order valence-electron chi connectivity index (χ0n) is 34.4. The maximum atomic E-state index is 17.8. The van der Waals surface area contributed by atoms with Crippen LogP contribution in [-0.2, 0) is 9.16 Å². The van der Waals surface area contributed by atoms with Crippen LogP contribution in [-0.4, -0.2) is 95.2 Å². The first-order valence-corrected chi connectivity index (χ1v) is 23.7. The molecule has 4 aliphatic rings. The lowest BCUT2D eigenvalue weighted by molar-refractivity contribution is -0.0366. The van der Waals surface area contributed by atoms with Gasteiger partial charge >= 0.3 is 6.01 Å². The van der Waals surface area contributed by atoms with Gasteiger partial charge in [-0.05, 0) is 114 Å². The molecule has 0 amide bonds. The minimum Gasteiger partial charge on any atom is -0.474 e. The molecule has 304 valence electrons. The number of aryl methyl sites for hydroxylation is 1. The number of ether oxygens (including phenoxy) is 3. The maximum absolute atomic E-state index is 17.8. The summed E-state index contributed by atoms with van der Waals surface area (Å²) in [4.78, 5) is 16.9. The van der Waals surface area contributed by atoms with Crippen molar-refractivity contribution in [2.75, 3.05) is 44.8 Å². The highest BCUT2D eigenvalue weighted by Crippen LogP contribution is 2.50. The van der Waals surface area contributed by atoms with Gasteiger partial charge in [0.1, 0.15) is 35.2 Å². The van der Waals surface area contributed by atoms with E-state index in [0.717, 1.165) is 79.1 Å². The fourth-order valence-corrected chi connectivity index (χ4v) is 9.80. The minimum atomic E-state index is -2.03. The summed E-state index contributed by atoms with van der Waals surface area (Å²) in [6.07, 6.45) is 7.68. The van der Waals surface area contributed by atoms with Crippen LogP contribution < -0.4 is 14.8 Å². The van der Waals surface area contributed by atoms with Gasteiger partial charge in [-0.2, -0.15) is 15.1 Å². The Bertz CT molecular complexity index is 2100. The molecule has 0 bridgehead atoms. The standard InChI is InChI=1S/C42H59F2N7O4Si/c1-25(2)55-39-34-37(35(44)36(47-39)33-29-22-46-51(31-12-9-10-18-52-31)30(29)20-26(3)32(33)27-13-14-27)48-40(53-24-42-15-11-17-50(42)23-28(43)21-42)49-38(34)45-16-19-54-56(7,8)41(4,5)6/h20,22,25,27-28,31H,9-19,21,23-24H2,1-8H3,(H,45,48,49)/t28-,31?,42+/m1/s1. The van der Waals surface area contributed by atoms with E-state index in [4.69, 9.17) is 38.7 Å². The lowest BCUT2D eigenvalue weighted by Gasteiger charge is -2.36. The average Bonchev–Trinajstić information content (AvgIpc) is 3.66. The molecule has 0 spiro atoms. The smallest absolute Gasteiger partial charge is 0.319 e. The molecule has 1 unspecified atom stereocenters. The van der Waals surface area contributed by atoms with Crippen molar-refractivity contribution in [2.24, 2.45) is 0 Å². The number of halogens is 2. The first kappa shape index (κ1) is 39.4. The van der Waals surface area contributed by atoms with Crippen LogP contribution in [0.15, 0.2) is 12.3 Å². The van der Waals surface area contributed by atoms with Crippen molar-refractivity contribution in [1.82, 2.24) is 29.6 Å². The summed E-state index contributed by atoms with van der Waals surface area (Å²) in [7, 11) is -2.03. The third kappa shape index (κ3) is 7.39. The fraction of sp³-hybridized carbons (Fsp3) is 0.667. The lowest BCUT2D eigenvalue weighted by atomic mass is 9.91. The number of pyridine rings is 1. The van der Waals surface area contributed by atoms with E-state index in [1.54, 1.807) is 0 Å². The van der Waals surface area contributed by atoms with E-state index in [1.807, 2.05) is 24.7 Å². The Morgan fingerprint density at radius 2 is 1.91 bits per heavy atom. The summed E-state index contributed by atoms with van der Waals surface area (Å²) in [6, 6.07) is 2.19. The van der Waals surface area contributed by atoms with Crippen molar-refractivity contribution in [1.29, 1.82) is 0 Å². The van der Waals surface area contributed by atoms with Crippen LogP contribution in [0.2, 0.25) is 18.1 Å². The molecule has 11 nitrogen and oxygen atoms in total. The zero-order valence-corrected chi connectivity index (χ0v) is 35.4. The van der Waals surface area contributed by atoms with Gasteiger partial charge in [0.15, 0.2) is 20.4 Å². The van der Waals surface area contributed by atoms with E-state index in [9.17, 15) is 4.39 Å². The predicted molar refractivity (Wildman–Crippen MR) is 218 cm³/mol. The average molecular weight is 792 g/mol. The SMILES string of the molecule is Cc1cc2c(cnn2C2CCCCO2)c(-c2nc(OC(C)C)c3c(NCCO[Si](C)(C)C(C)(C)C)nc(OC[C@@]45CCCN4C[C@H](F)C5)nc3c2F)c1C1CC1. The third-order valence-electron chi connectivity index (χ3n) is 12.8. The minimum absolute atomic E-state index is 0.0273. The third-order valence-corrected chi connectivity index (χ3v) is 17.3. The molecule has 3 saturated heterocycles. The number of hydrogen-bond donors (Lipinski definition) is 1. The van der Waals surface area contributed by atoms with E-state index in [2.05, 4.69) is 57.1 Å². The van der Waals surface area contributed by atoms with Crippen LogP contribution in [0, 0.1) is 12.7 Å². The van der Waals surface area contributed by atoms with E-state index >= 15 is 4.39 Å². The van der Waals surface area contributed by atoms with Crippen LogP contribution >= 0.6 is 0 Å². The quantitative estimate of drug-likeness (QED) is 0.104. The van der Waals surface area contributed by atoms with E-state index in [0.29, 0.717) is 43.9 Å². The molecule has 1 aliphatic carbocycles. The Kier molecular flexibility index (Phi) is 10.6. The van der Waals surface area contributed by atoms with E-state index in [1.165, 1.54) is 0 Å². The van der Waals surface area contributed by atoms with Crippen LogP contribution in [0.5, 0.6) is 11.9 Å². The molecule has 0 radical (unpaired) electrons. The van der Waals surface area contributed by atoms with Gasteiger partial charge in [0.2, 0.25) is 5.88 Å². The molecule has 6 heterocycles. The topological polar surface area (TPSA) is 109 Å². The first-order valence-electron chi connectivity index (χ1n) is 20.8. The molecule has 3 aromatic heterocycles. The summed E-state index contributed by atoms with van der Waals surface area (Å²) in [6.45, 7) is 20.0. The molecule has 8 rings (SSSR count). The number of rotatable bonds is 13. The highest BCUT2D eigenvalue weighted by Gasteiger charge is 2.49. The number of anilines is 1. The zero-order chi connectivity index (χ0) is 39.6. The van der Waals surface area contributed by atoms with Gasteiger partial charge < -0.3 is 24.0 Å². The van der Waals surface area contributed by atoms with Gasteiger partial charge in [-0.15, -0.1) is 0 Å². The first-order chi connectivity index (χ1) is 26.7. The second kappa shape index (κ2) is 15.0. The molecule has 3 atom stereocenters. The number of alkyl halides is 1. The van der Waals surface area contributed by atoms with Crippen LogP contribution in [0.25, 0.3) is 33.1 Å². The second-order valence-electron chi connectivity index (χ2n) is 18.3. The number of aromatic nitrogens is 5. The van der Waals surface area contributed by atoms with Gasteiger partial charge in [-0.3, -0.25) is 4.90 Å². The highest BCUT2D eigenvalue weighted by atomic mass is 28.4.